The van der Waals surface area contributed by atoms with Crippen LogP contribution in [0, 0.1) is 11.8 Å². The molecule has 1 aromatic rings. The molecule has 2 N–H and O–H groups in total. The van der Waals surface area contributed by atoms with Gasteiger partial charge in [0.25, 0.3) is 0 Å². The summed E-state index contributed by atoms with van der Waals surface area (Å²) in [5.41, 5.74) is 0.650. The van der Waals surface area contributed by atoms with Crippen molar-refractivity contribution in [2.45, 2.75) is 33.7 Å². The number of aromatic carboxylic acids is 1. The fourth-order valence-corrected chi connectivity index (χ4v) is 1.59. The summed E-state index contributed by atoms with van der Waals surface area (Å²) in [6.07, 6.45) is 0.618. The van der Waals surface area contributed by atoms with E-state index in [4.69, 9.17) is 10.2 Å². The van der Waals surface area contributed by atoms with E-state index in [9.17, 15) is 4.79 Å². The standard InChI is InChI=1S/C11H19N3O3/c1-7(2)4-9-10(11(16)17)12-13-14(9)5-8(3)6-15/h7-8,15H,4-6H2,1-3H3,(H,16,17). The molecular weight excluding hydrogens is 222 g/mol. The normalized spacial score (nSPS) is 13.0. The van der Waals surface area contributed by atoms with Gasteiger partial charge in [0.15, 0.2) is 5.69 Å². The fourth-order valence-electron chi connectivity index (χ4n) is 1.59. The van der Waals surface area contributed by atoms with Crippen LogP contribution in [-0.4, -0.2) is 37.8 Å². The summed E-state index contributed by atoms with van der Waals surface area (Å²) in [4.78, 5) is 11.0. The molecular formula is C11H19N3O3. The highest BCUT2D eigenvalue weighted by molar-refractivity contribution is 5.86. The van der Waals surface area contributed by atoms with Gasteiger partial charge in [0.1, 0.15) is 0 Å². The molecule has 1 unspecified atom stereocenters. The maximum Gasteiger partial charge on any atom is 0.358 e. The Morgan fingerprint density at radius 1 is 1.41 bits per heavy atom. The Labute approximate surface area is 100 Å². The molecule has 6 heteroatoms. The average molecular weight is 241 g/mol. The van der Waals surface area contributed by atoms with Gasteiger partial charge in [0.2, 0.25) is 0 Å². The third kappa shape index (κ3) is 3.52. The number of carboxylic acids is 1. The first-order chi connectivity index (χ1) is 7.95. The van der Waals surface area contributed by atoms with Crippen LogP contribution in [0.5, 0.6) is 0 Å². The number of hydrogen-bond donors (Lipinski definition) is 2. The Hall–Kier alpha value is -1.43. The Balaban J connectivity index is 3.00. The van der Waals surface area contributed by atoms with Gasteiger partial charge in [-0.2, -0.15) is 0 Å². The zero-order valence-electron chi connectivity index (χ0n) is 10.4. The first-order valence-corrected chi connectivity index (χ1v) is 5.72. The highest BCUT2D eigenvalue weighted by atomic mass is 16.4. The van der Waals surface area contributed by atoms with Crippen LogP contribution in [0.1, 0.15) is 37.0 Å². The zero-order valence-corrected chi connectivity index (χ0v) is 10.4. The second-order valence-electron chi connectivity index (χ2n) is 4.76. The molecule has 1 rings (SSSR count). The van der Waals surface area contributed by atoms with E-state index in [1.807, 2.05) is 20.8 Å². The van der Waals surface area contributed by atoms with Crippen molar-refractivity contribution < 1.29 is 15.0 Å². The summed E-state index contributed by atoms with van der Waals surface area (Å²) >= 11 is 0. The van der Waals surface area contributed by atoms with E-state index in [-0.39, 0.29) is 18.2 Å². The number of hydrogen-bond acceptors (Lipinski definition) is 4. The predicted octanol–water partition coefficient (Wildman–Crippen LogP) is 0.803. The zero-order chi connectivity index (χ0) is 13.0. The van der Waals surface area contributed by atoms with Crippen LogP contribution >= 0.6 is 0 Å². The van der Waals surface area contributed by atoms with E-state index in [2.05, 4.69) is 10.3 Å². The minimum atomic E-state index is -1.05. The third-order valence-electron chi connectivity index (χ3n) is 2.44. The number of carboxylic acid groups (broad SMARTS) is 1. The SMILES string of the molecule is CC(C)Cc1c(C(=O)O)nnn1CC(C)CO. The van der Waals surface area contributed by atoms with Crippen molar-refractivity contribution in [3.8, 4) is 0 Å². The van der Waals surface area contributed by atoms with E-state index in [1.54, 1.807) is 4.68 Å². The maximum atomic E-state index is 11.0. The van der Waals surface area contributed by atoms with Crippen LogP contribution in [0.15, 0.2) is 0 Å². The molecule has 0 amide bonds. The summed E-state index contributed by atoms with van der Waals surface area (Å²) in [5, 5.41) is 25.6. The molecule has 96 valence electrons. The Kier molecular flexibility index (Phi) is 4.62. The lowest BCUT2D eigenvalue weighted by atomic mass is 10.1. The van der Waals surface area contributed by atoms with Crippen molar-refractivity contribution in [3.63, 3.8) is 0 Å². The van der Waals surface area contributed by atoms with E-state index in [0.717, 1.165) is 0 Å². The lowest BCUT2D eigenvalue weighted by molar-refractivity contribution is 0.0689. The van der Waals surface area contributed by atoms with E-state index in [1.165, 1.54) is 0 Å². The van der Waals surface area contributed by atoms with Crippen molar-refractivity contribution in [2.75, 3.05) is 6.61 Å². The Morgan fingerprint density at radius 2 is 2.06 bits per heavy atom. The number of aliphatic hydroxyl groups is 1. The highest BCUT2D eigenvalue weighted by Gasteiger charge is 2.20. The number of carbonyl (C=O) groups is 1. The summed E-state index contributed by atoms with van der Waals surface area (Å²) in [6, 6.07) is 0. The third-order valence-corrected chi connectivity index (χ3v) is 2.44. The molecule has 0 saturated heterocycles. The van der Waals surface area contributed by atoms with Crippen molar-refractivity contribution in [1.82, 2.24) is 15.0 Å². The van der Waals surface area contributed by atoms with Crippen LogP contribution < -0.4 is 0 Å². The minimum absolute atomic E-state index is 0.0174. The quantitative estimate of drug-likeness (QED) is 0.769. The van der Waals surface area contributed by atoms with Gasteiger partial charge >= 0.3 is 5.97 Å². The van der Waals surface area contributed by atoms with Gasteiger partial charge in [0.05, 0.1) is 5.69 Å². The molecule has 0 aliphatic heterocycles. The molecule has 0 aliphatic carbocycles. The van der Waals surface area contributed by atoms with Crippen LogP contribution in [-0.2, 0) is 13.0 Å². The molecule has 0 bridgehead atoms. The largest absolute Gasteiger partial charge is 0.476 e. The molecule has 0 fully saturated rings. The average Bonchev–Trinajstić information content (AvgIpc) is 2.60. The molecule has 0 spiro atoms. The van der Waals surface area contributed by atoms with Crippen LogP contribution in [0.3, 0.4) is 0 Å². The first kappa shape index (κ1) is 13.6. The van der Waals surface area contributed by atoms with Crippen LogP contribution in [0.25, 0.3) is 0 Å². The van der Waals surface area contributed by atoms with Crippen LogP contribution in [0.4, 0.5) is 0 Å². The van der Waals surface area contributed by atoms with E-state index >= 15 is 0 Å². The van der Waals surface area contributed by atoms with Crippen LogP contribution in [0.2, 0.25) is 0 Å². The molecule has 0 aromatic carbocycles. The van der Waals surface area contributed by atoms with E-state index in [0.29, 0.717) is 24.6 Å². The number of aromatic nitrogens is 3. The molecule has 0 aliphatic rings. The molecule has 1 aromatic heterocycles. The van der Waals surface area contributed by atoms with Gasteiger partial charge in [-0.15, -0.1) is 5.10 Å². The predicted molar refractivity (Wildman–Crippen MR) is 61.8 cm³/mol. The lowest BCUT2D eigenvalue weighted by Gasteiger charge is -2.12. The molecule has 0 saturated carbocycles. The first-order valence-electron chi connectivity index (χ1n) is 5.72. The number of rotatable bonds is 6. The van der Waals surface area contributed by atoms with Crippen molar-refractivity contribution >= 4 is 5.97 Å². The summed E-state index contributed by atoms with van der Waals surface area (Å²) in [5.74, 6) is -0.692. The van der Waals surface area contributed by atoms with E-state index < -0.39 is 5.97 Å². The van der Waals surface area contributed by atoms with Gasteiger partial charge in [-0.3, -0.25) is 0 Å². The smallest absolute Gasteiger partial charge is 0.358 e. The second kappa shape index (κ2) is 5.77. The topological polar surface area (TPSA) is 88.2 Å². The van der Waals surface area contributed by atoms with Crippen molar-refractivity contribution in [1.29, 1.82) is 0 Å². The molecule has 1 atom stereocenters. The molecule has 0 radical (unpaired) electrons. The van der Waals surface area contributed by atoms with Gasteiger partial charge in [0, 0.05) is 13.2 Å². The summed E-state index contributed by atoms with van der Waals surface area (Å²) in [6.45, 7) is 6.43. The summed E-state index contributed by atoms with van der Waals surface area (Å²) < 4.78 is 1.59. The van der Waals surface area contributed by atoms with Gasteiger partial charge in [-0.05, 0) is 18.3 Å². The molecule has 17 heavy (non-hydrogen) atoms. The van der Waals surface area contributed by atoms with Gasteiger partial charge < -0.3 is 10.2 Å². The molecule has 6 nitrogen and oxygen atoms in total. The van der Waals surface area contributed by atoms with Gasteiger partial charge in [-0.1, -0.05) is 26.0 Å². The maximum absolute atomic E-state index is 11.0. The fraction of sp³-hybridized carbons (Fsp3) is 0.727. The molecule has 1 heterocycles. The number of nitrogens with zero attached hydrogens (tertiary/aromatic N) is 3. The monoisotopic (exact) mass is 241 g/mol. The highest BCUT2D eigenvalue weighted by Crippen LogP contribution is 2.13. The lowest BCUT2D eigenvalue weighted by Crippen LogP contribution is -2.17. The summed E-state index contributed by atoms with van der Waals surface area (Å²) in [7, 11) is 0. The minimum Gasteiger partial charge on any atom is -0.476 e. The second-order valence-corrected chi connectivity index (χ2v) is 4.76. The van der Waals surface area contributed by atoms with Crippen molar-refractivity contribution in [3.05, 3.63) is 11.4 Å². The van der Waals surface area contributed by atoms with Gasteiger partial charge in [-0.25, -0.2) is 9.48 Å². The van der Waals surface area contributed by atoms with Crippen molar-refractivity contribution in [2.24, 2.45) is 11.8 Å². The Bertz CT molecular complexity index is 387. The Morgan fingerprint density at radius 3 is 2.53 bits per heavy atom. The number of aliphatic hydroxyl groups excluding tert-OH is 1.